The van der Waals surface area contributed by atoms with Crippen LogP contribution >= 0.6 is 7.82 Å². The Labute approximate surface area is 174 Å². The number of aliphatic hydroxyl groups is 1. The number of hydrogen-bond acceptors (Lipinski definition) is 10. The Balaban J connectivity index is 1.86. The zero-order valence-electron chi connectivity index (χ0n) is 16.4. The van der Waals surface area contributed by atoms with Crippen molar-refractivity contribution in [3.05, 3.63) is 16.7 Å². The van der Waals surface area contributed by atoms with Crippen LogP contribution < -0.4 is 16.6 Å². The van der Waals surface area contributed by atoms with Crippen molar-refractivity contribution in [2.45, 2.75) is 24.9 Å². The number of H-pyrrole nitrogens is 1. The van der Waals surface area contributed by atoms with Crippen LogP contribution in [0.5, 0.6) is 0 Å². The second-order valence-electron chi connectivity index (χ2n) is 6.83. The van der Waals surface area contributed by atoms with Crippen molar-refractivity contribution < 1.29 is 38.3 Å². The Morgan fingerprint density at radius 1 is 1.48 bits per heavy atom. The number of carbonyl (C=O) groups excluding carboxylic acids is 1. The number of rotatable bonds is 9. The summed E-state index contributed by atoms with van der Waals surface area (Å²) in [5.74, 6) is -1.50. The number of imidazole rings is 1. The number of phosphoric ester groups is 1. The average Bonchev–Trinajstić information content (AvgIpc) is 3.22. The van der Waals surface area contributed by atoms with Gasteiger partial charge in [0.25, 0.3) is 5.56 Å². The number of amides is 1. The standard InChI is InChI=1S/C15H23N6O9P/c1-28-3-2-17-9(22)4-7-8(5-29-31(25,26)27)30-14(11(7)23)21-6-18-10-12(21)19-15(16)20-13(10)24/h6-8,11,14,23H,2-5H2,1H3,(H,17,22)(H2,25,26,27)(H3,16,19,20,24)/t7-,8-,11-,14-/m1/s1. The van der Waals surface area contributed by atoms with Gasteiger partial charge in [-0.2, -0.15) is 4.98 Å². The minimum absolute atomic E-state index is 0.0325. The normalized spacial score (nSPS) is 24.0. The Morgan fingerprint density at radius 2 is 2.23 bits per heavy atom. The van der Waals surface area contributed by atoms with E-state index in [9.17, 15) is 19.3 Å². The summed E-state index contributed by atoms with van der Waals surface area (Å²) < 4.78 is 27.5. The van der Waals surface area contributed by atoms with Crippen LogP contribution in [0.1, 0.15) is 12.6 Å². The summed E-state index contributed by atoms with van der Waals surface area (Å²) in [5.41, 5.74) is 4.97. The number of aliphatic hydroxyl groups excluding tert-OH is 1. The molecule has 15 nitrogen and oxygen atoms in total. The van der Waals surface area contributed by atoms with Gasteiger partial charge in [-0.15, -0.1) is 0 Å². The molecule has 3 heterocycles. The molecule has 0 unspecified atom stereocenters. The van der Waals surface area contributed by atoms with Gasteiger partial charge >= 0.3 is 7.82 Å². The predicted molar refractivity (Wildman–Crippen MR) is 103 cm³/mol. The number of nitrogens with one attached hydrogen (secondary N) is 2. The lowest BCUT2D eigenvalue weighted by atomic mass is 9.94. The topological polar surface area (TPSA) is 224 Å². The van der Waals surface area contributed by atoms with Crippen LogP contribution in [0, 0.1) is 5.92 Å². The first-order chi connectivity index (χ1) is 14.6. The lowest BCUT2D eigenvalue weighted by Gasteiger charge is -2.20. The van der Waals surface area contributed by atoms with Gasteiger partial charge in [0.05, 0.1) is 25.6 Å². The Hall–Kier alpha value is -2.39. The number of anilines is 1. The smallest absolute Gasteiger partial charge is 0.388 e. The van der Waals surface area contributed by atoms with Gasteiger partial charge in [0.1, 0.15) is 6.10 Å². The number of aromatic amines is 1. The molecule has 2 aromatic heterocycles. The third kappa shape index (κ3) is 5.46. The van der Waals surface area contributed by atoms with Crippen molar-refractivity contribution in [2.24, 2.45) is 5.92 Å². The maximum atomic E-state index is 12.2. The van der Waals surface area contributed by atoms with E-state index in [4.69, 9.17) is 25.0 Å². The van der Waals surface area contributed by atoms with E-state index in [1.54, 1.807) is 0 Å². The average molecular weight is 462 g/mol. The van der Waals surface area contributed by atoms with Crippen molar-refractivity contribution in [1.82, 2.24) is 24.8 Å². The highest BCUT2D eigenvalue weighted by molar-refractivity contribution is 7.46. The van der Waals surface area contributed by atoms with Gasteiger partial charge in [-0.25, -0.2) is 9.55 Å². The molecule has 3 rings (SSSR count). The highest BCUT2D eigenvalue weighted by atomic mass is 31.2. The number of nitrogens with two attached hydrogens (primary N) is 1. The molecule has 1 fully saturated rings. The van der Waals surface area contributed by atoms with E-state index in [1.165, 1.54) is 18.0 Å². The fourth-order valence-corrected chi connectivity index (χ4v) is 3.66. The van der Waals surface area contributed by atoms with Crippen LogP contribution in [0.2, 0.25) is 0 Å². The van der Waals surface area contributed by atoms with Gasteiger partial charge in [0.15, 0.2) is 17.4 Å². The predicted octanol–water partition coefficient (Wildman–Crippen LogP) is -2.16. The highest BCUT2D eigenvalue weighted by Gasteiger charge is 2.46. The molecular weight excluding hydrogens is 439 g/mol. The molecule has 7 N–H and O–H groups in total. The molecule has 1 aliphatic rings. The van der Waals surface area contributed by atoms with Gasteiger partial charge in [-0.3, -0.25) is 23.7 Å². The number of hydrogen-bond donors (Lipinski definition) is 6. The second kappa shape index (κ2) is 9.40. The lowest BCUT2D eigenvalue weighted by Crippen LogP contribution is -2.35. The van der Waals surface area contributed by atoms with Crippen LogP contribution in [0.25, 0.3) is 11.2 Å². The molecular formula is C15H23N6O9P. The maximum absolute atomic E-state index is 12.2. The molecule has 0 spiro atoms. The van der Waals surface area contributed by atoms with Crippen molar-refractivity contribution in [2.75, 3.05) is 32.6 Å². The van der Waals surface area contributed by atoms with Crippen molar-refractivity contribution in [3.8, 4) is 0 Å². The number of ether oxygens (including phenoxy) is 2. The largest absolute Gasteiger partial charge is 0.469 e. The van der Waals surface area contributed by atoms with Crippen LogP contribution in [-0.2, 0) is 23.4 Å². The number of methoxy groups -OCH3 is 1. The SMILES string of the molecule is COCCNC(=O)C[C@H]1[C@@H](O)[C@H](n2cnc3c(=O)[nH]c(N)nc32)O[C@@H]1COP(=O)(O)O. The molecule has 16 heteroatoms. The van der Waals surface area contributed by atoms with Crippen LogP contribution in [0.3, 0.4) is 0 Å². The Kier molecular flexibility index (Phi) is 7.06. The lowest BCUT2D eigenvalue weighted by molar-refractivity contribution is -0.123. The zero-order valence-corrected chi connectivity index (χ0v) is 17.3. The summed E-state index contributed by atoms with van der Waals surface area (Å²) in [6, 6.07) is 0. The summed E-state index contributed by atoms with van der Waals surface area (Å²) in [5, 5.41) is 13.5. The van der Waals surface area contributed by atoms with Gasteiger partial charge in [-0.05, 0) is 0 Å². The number of carbonyl (C=O) groups is 1. The minimum Gasteiger partial charge on any atom is -0.388 e. The number of phosphoric acid groups is 1. The molecule has 0 aromatic carbocycles. The number of aromatic nitrogens is 4. The highest BCUT2D eigenvalue weighted by Crippen LogP contribution is 2.41. The fourth-order valence-electron chi connectivity index (χ4n) is 3.32. The maximum Gasteiger partial charge on any atom is 0.469 e. The van der Waals surface area contributed by atoms with E-state index in [0.717, 1.165) is 0 Å². The Bertz CT molecular complexity index is 1040. The van der Waals surface area contributed by atoms with Crippen molar-refractivity contribution >= 4 is 30.8 Å². The summed E-state index contributed by atoms with van der Waals surface area (Å²) in [6.07, 6.45) is -2.56. The zero-order chi connectivity index (χ0) is 22.8. The molecule has 1 amide bonds. The van der Waals surface area contributed by atoms with Gasteiger partial charge in [-0.1, -0.05) is 0 Å². The van der Waals surface area contributed by atoms with Crippen LogP contribution in [0.4, 0.5) is 5.95 Å². The summed E-state index contributed by atoms with van der Waals surface area (Å²) >= 11 is 0. The first-order valence-corrected chi connectivity index (χ1v) is 10.7. The number of nitrogens with zero attached hydrogens (tertiary/aromatic N) is 3. The molecule has 172 valence electrons. The third-order valence-corrected chi connectivity index (χ3v) is 5.19. The molecule has 0 bridgehead atoms. The first kappa shape index (κ1) is 23.3. The molecule has 2 aromatic rings. The molecule has 4 atom stereocenters. The number of nitrogen functional groups attached to an aromatic ring is 1. The molecule has 31 heavy (non-hydrogen) atoms. The first-order valence-electron chi connectivity index (χ1n) is 9.12. The molecule has 0 saturated carbocycles. The second-order valence-corrected chi connectivity index (χ2v) is 8.07. The van der Waals surface area contributed by atoms with E-state index in [0.29, 0.717) is 0 Å². The molecule has 0 aliphatic carbocycles. The summed E-state index contributed by atoms with van der Waals surface area (Å²) in [6.45, 7) is -0.0631. The monoisotopic (exact) mass is 462 g/mol. The van der Waals surface area contributed by atoms with Crippen molar-refractivity contribution in [1.29, 1.82) is 0 Å². The van der Waals surface area contributed by atoms with E-state index in [2.05, 4.69) is 24.8 Å². The molecule has 1 saturated heterocycles. The number of fused-ring (bicyclic) bond motifs is 1. The van der Waals surface area contributed by atoms with Gasteiger partial charge in [0.2, 0.25) is 11.9 Å². The summed E-state index contributed by atoms with van der Waals surface area (Å²) in [7, 11) is -3.35. The van der Waals surface area contributed by atoms with E-state index in [-0.39, 0.29) is 36.7 Å². The molecule has 1 aliphatic heterocycles. The third-order valence-electron chi connectivity index (χ3n) is 4.70. The van der Waals surface area contributed by atoms with E-state index in [1.807, 2.05) is 0 Å². The minimum atomic E-state index is -4.82. The Morgan fingerprint density at radius 3 is 2.90 bits per heavy atom. The van der Waals surface area contributed by atoms with Crippen LogP contribution in [0.15, 0.2) is 11.1 Å². The van der Waals surface area contributed by atoms with E-state index >= 15 is 0 Å². The quantitative estimate of drug-likeness (QED) is 0.173. The molecule has 0 radical (unpaired) electrons. The van der Waals surface area contributed by atoms with Crippen molar-refractivity contribution in [3.63, 3.8) is 0 Å². The van der Waals surface area contributed by atoms with E-state index < -0.39 is 50.2 Å². The van der Waals surface area contributed by atoms with Gasteiger partial charge in [0, 0.05) is 26.0 Å². The van der Waals surface area contributed by atoms with Crippen LogP contribution in [-0.4, -0.2) is 79.4 Å². The fraction of sp³-hybridized carbons (Fsp3) is 0.600. The van der Waals surface area contributed by atoms with Gasteiger partial charge < -0.3 is 35.4 Å². The summed E-state index contributed by atoms with van der Waals surface area (Å²) in [4.78, 5) is 52.5.